The van der Waals surface area contributed by atoms with Crippen molar-refractivity contribution in [1.82, 2.24) is 9.80 Å². The van der Waals surface area contributed by atoms with Crippen LogP contribution in [0.5, 0.6) is 0 Å². The van der Waals surface area contributed by atoms with Crippen LogP contribution in [-0.4, -0.2) is 48.4 Å². The molecule has 1 saturated carbocycles. The SMILES string of the molecule is Cl.NCc1ccc(C(=O)N2CCCN(CC3CCCCC3)CC2)cc1. The van der Waals surface area contributed by atoms with Gasteiger partial charge in [0.25, 0.3) is 5.91 Å². The summed E-state index contributed by atoms with van der Waals surface area (Å²) in [5.41, 5.74) is 7.49. The monoisotopic (exact) mass is 365 g/mol. The molecule has 25 heavy (non-hydrogen) atoms. The predicted molar refractivity (Wildman–Crippen MR) is 105 cm³/mol. The Bertz CT molecular complexity index is 528. The van der Waals surface area contributed by atoms with Crippen molar-refractivity contribution in [1.29, 1.82) is 0 Å². The zero-order chi connectivity index (χ0) is 16.8. The first-order chi connectivity index (χ1) is 11.8. The van der Waals surface area contributed by atoms with E-state index in [0.29, 0.717) is 6.54 Å². The van der Waals surface area contributed by atoms with Gasteiger partial charge in [0, 0.05) is 38.3 Å². The summed E-state index contributed by atoms with van der Waals surface area (Å²) in [4.78, 5) is 17.3. The lowest BCUT2D eigenvalue weighted by atomic mass is 9.89. The van der Waals surface area contributed by atoms with E-state index in [2.05, 4.69) is 4.90 Å². The fraction of sp³-hybridized carbons (Fsp3) is 0.650. The van der Waals surface area contributed by atoms with Gasteiger partial charge < -0.3 is 15.5 Å². The number of amides is 1. The van der Waals surface area contributed by atoms with Crippen LogP contribution >= 0.6 is 12.4 Å². The van der Waals surface area contributed by atoms with E-state index in [0.717, 1.165) is 49.6 Å². The largest absolute Gasteiger partial charge is 0.337 e. The van der Waals surface area contributed by atoms with Crippen molar-refractivity contribution in [2.24, 2.45) is 11.7 Å². The lowest BCUT2D eigenvalue weighted by Gasteiger charge is -2.28. The fourth-order valence-corrected chi connectivity index (χ4v) is 4.06. The zero-order valence-corrected chi connectivity index (χ0v) is 16.0. The Labute approximate surface area is 158 Å². The first-order valence-corrected chi connectivity index (χ1v) is 9.57. The molecule has 1 aromatic rings. The van der Waals surface area contributed by atoms with Gasteiger partial charge in [0.2, 0.25) is 0 Å². The van der Waals surface area contributed by atoms with Crippen molar-refractivity contribution < 1.29 is 4.79 Å². The number of benzene rings is 1. The van der Waals surface area contributed by atoms with Crippen LogP contribution in [0.25, 0.3) is 0 Å². The summed E-state index contributed by atoms with van der Waals surface area (Å²) in [6.07, 6.45) is 8.10. The standard InChI is InChI=1S/C20H31N3O.ClH/c21-15-17-7-9-19(10-8-17)20(24)23-12-4-11-22(13-14-23)16-18-5-2-1-3-6-18;/h7-10,18H,1-6,11-16,21H2;1H. The van der Waals surface area contributed by atoms with Crippen molar-refractivity contribution in [3.05, 3.63) is 35.4 Å². The first kappa shape index (κ1) is 20.2. The summed E-state index contributed by atoms with van der Waals surface area (Å²) >= 11 is 0. The first-order valence-electron chi connectivity index (χ1n) is 9.57. The summed E-state index contributed by atoms with van der Waals surface area (Å²) in [7, 11) is 0. The lowest BCUT2D eigenvalue weighted by molar-refractivity contribution is 0.0760. The molecule has 1 aromatic carbocycles. The van der Waals surface area contributed by atoms with Crippen LogP contribution in [0.15, 0.2) is 24.3 Å². The Morgan fingerprint density at radius 2 is 1.68 bits per heavy atom. The van der Waals surface area contributed by atoms with Crippen molar-refractivity contribution in [2.75, 3.05) is 32.7 Å². The molecule has 4 nitrogen and oxygen atoms in total. The zero-order valence-electron chi connectivity index (χ0n) is 15.2. The summed E-state index contributed by atoms with van der Waals surface area (Å²) in [6.45, 7) is 5.62. The van der Waals surface area contributed by atoms with Crippen LogP contribution in [0.2, 0.25) is 0 Å². The van der Waals surface area contributed by atoms with Gasteiger partial charge >= 0.3 is 0 Å². The molecule has 1 heterocycles. The summed E-state index contributed by atoms with van der Waals surface area (Å²) in [6, 6.07) is 7.74. The molecule has 0 radical (unpaired) electrons. The lowest BCUT2D eigenvalue weighted by Crippen LogP contribution is -2.36. The van der Waals surface area contributed by atoms with Gasteiger partial charge in [-0.15, -0.1) is 12.4 Å². The molecule has 0 atom stereocenters. The van der Waals surface area contributed by atoms with Gasteiger partial charge in [-0.1, -0.05) is 31.4 Å². The number of halogens is 1. The molecule has 3 rings (SSSR count). The normalized spacial score (nSPS) is 20.0. The number of nitrogens with zero attached hydrogens (tertiary/aromatic N) is 2. The Morgan fingerprint density at radius 3 is 2.36 bits per heavy atom. The second kappa shape index (κ2) is 10.1. The number of carbonyl (C=O) groups excluding carboxylic acids is 1. The minimum Gasteiger partial charge on any atom is -0.337 e. The van der Waals surface area contributed by atoms with Crippen molar-refractivity contribution in [2.45, 2.75) is 45.1 Å². The Kier molecular flexibility index (Phi) is 8.20. The highest BCUT2D eigenvalue weighted by Crippen LogP contribution is 2.24. The van der Waals surface area contributed by atoms with Gasteiger partial charge in [-0.25, -0.2) is 0 Å². The van der Waals surface area contributed by atoms with E-state index < -0.39 is 0 Å². The van der Waals surface area contributed by atoms with Crippen LogP contribution in [0, 0.1) is 5.92 Å². The predicted octanol–water partition coefficient (Wildman–Crippen LogP) is 3.30. The number of hydrogen-bond acceptors (Lipinski definition) is 3. The molecule has 5 heteroatoms. The van der Waals surface area contributed by atoms with E-state index in [1.807, 2.05) is 29.2 Å². The molecule has 1 aliphatic heterocycles. The van der Waals surface area contributed by atoms with E-state index in [1.165, 1.54) is 38.6 Å². The van der Waals surface area contributed by atoms with Gasteiger partial charge in [-0.05, 0) is 49.4 Å². The van der Waals surface area contributed by atoms with E-state index in [4.69, 9.17) is 5.73 Å². The number of rotatable bonds is 4. The molecule has 0 spiro atoms. The molecule has 1 saturated heterocycles. The van der Waals surface area contributed by atoms with Crippen LogP contribution < -0.4 is 5.73 Å². The Morgan fingerprint density at radius 1 is 0.960 bits per heavy atom. The Balaban J connectivity index is 0.00000225. The van der Waals surface area contributed by atoms with Crippen LogP contribution in [0.1, 0.15) is 54.4 Å². The second-order valence-electron chi connectivity index (χ2n) is 7.35. The highest BCUT2D eigenvalue weighted by atomic mass is 35.5. The van der Waals surface area contributed by atoms with Gasteiger partial charge in [0.05, 0.1) is 0 Å². The summed E-state index contributed by atoms with van der Waals surface area (Å²) < 4.78 is 0. The smallest absolute Gasteiger partial charge is 0.253 e. The second-order valence-corrected chi connectivity index (χ2v) is 7.35. The molecule has 140 valence electrons. The van der Waals surface area contributed by atoms with Gasteiger partial charge in [-0.2, -0.15) is 0 Å². The molecule has 0 unspecified atom stereocenters. The maximum atomic E-state index is 12.7. The van der Waals surface area contributed by atoms with E-state index in [1.54, 1.807) is 0 Å². The maximum Gasteiger partial charge on any atom is 0.253 e. The third-order valence-corrected chi connectivity index (χ3v) is 5.55. The Hall–Kier alpha value is -1.10. The van der Waals surface area contributed by atoms with Crippen molar-refractivity contribution in [3.63, 3.8) is 0 Å². The number of hydrogen-bond donors (Lipinski definition) is 1. The van der Waals surface area contributed by atoms with Gasteiger partial charge in [0.1, 0.15) is 0 Å². The molecule has 1 aliphatic carbocycles. The van der Waals surface area contributed by atoms with E-state index in [-0.39, 0.29) is 18.3 Å². The molecule has 2 aliphatic rings. The number of carbonyl (C=O) groups is 1. The molecule has 0 bridgehead atoms. The van der Waals surface area contributed by atoms with Crippen molar-refractivity contribution in [3.8, 4) is 0 Å². The fourth-order valence-electron chi connectivity index (χ4n) is 4.06. The third-order valence-electron chi connectivity index (χ3n) is 5.55. The maximum absolute atomic E-state index is 12.7. The summed E-state index contributed by atoms with van der Waals surface area (Å²) in [5.74, 6) is 1.04. The minimum atomic E-state index is 0. The molecular weight excluding hydrogens is 334 g/mol. The quantitative estimate of drug-likeness (QED) is 0.890. The van der Waals surface area contributed by atoms with Crippen LogP contribution in [0.3, 0.4) is 0 Å². The minimum absolute atomic E-state index is 0. The highest BCUT2D eigenvalue weighted by molar-refractivity contribution is 5.94. The van der Waals surface area contributed by atoms with Crippen LogP contribution in [0.4, 0.5) is 0 Å². The van der Waals surface area contributed by atoms with Crippen molar-refractivity contribution >= 4 is 18.3 Å². The average Bonchev–Trinajstić information content (AvgIpc) is 2.88. The average molecular weight is 366 g/mol. The van der Waals surface area contributed by atoms with Gasteiger partial charge in [-0.3, -0.25) is 4.79 Å². The molecule has 2 fully saturated rings. The molecular formula is C20H32ClN3O. The van der Waals surface area contributed by atoms with E-state index in [9.17, 15) is 4.79 Å². The molecule has 0 aromatic heterocycles. The highest BCUT2D eigenvalue weighted by Gasteiger charge is 2.22. The number of nitrogens with two attached hydrogens (primary N) is 1. The van der Waals surface area contributed by atoms with Crippen LogP contribution in [-0.2, 0) is 6.54 Å². The topological polar surface area (TPSA) is 49.6 Å². The molecule has 2 N–H and O–H groups in total. The molecule has 1 amide bonds. The van der Waals surface area contributed by atoms with E-state index >= 15 is 0 Å². The van der Waals surface area contributed by atoms with Gasteiger partial charge in [0.15, 0.2) is 0 Å². The summed E-state index contributed by atoms with van der Waals surface area (Å²) in [5, 5.41) is 0. The third kappa shape index (κ3) is 5.70.